The average Bonchev–Trinajstić information content (AvgIpc) is 1.55. The maximum absolute atomic E-state index is 13.6. The standard InChI is InChI=1S/C27H30F3N5O2.C26H32F3N3O3S.C23H28F3N3O2.C22H23ClF3N3O3.H2/c1-4-33-16-21(31-17-33)20-6-5-19(15-18(20)2)25(37)34-11-9-26(10-12-34)23-8-7-22(24(36)27(28,29)30)35(23)14-13-32(26)3;1-17(2)36(34,35)21-7-4-19(16-18(21)3)24(33)30-12-10-25(11-13-30)22-8-9-23(26(27,28)29)31(22)14-15-32(25)20-5-6-20;1-16(2)31-18-6-4-17(5-7-18)21(30)28-12-10-22(11-13-28)19-8-9-20(23(24,25)26)29(19)15-14-27(22)3;1-20(2)12-29-15(18(31)22(24,25)26)4-6-17(29)21(27-20)7-9-28(10-8-21)19(32)13-3-5-16(30)14(23)11-13;/h5-8,15-17H,4,9-14H2,1-3H3;4,7-9,16-17,20H,5-6,10-15H2,1-3H3;4-9,16H,10-15H2,1-3H3;3-6,11,27,30H,7-10,12H2,1-2H3;1H. The highest BCUT2D eigenvalue weighted by Crippen LogP contribution is 2.52. The number of ether oxygens (including phenoxy) is 1. The number of piperidine rings is 4. The fourth-order valence-corrected chi connectivity index (χ4v) is 23.0. The highest BCUT2D eigenvalue weighted by molar-refractivity contribution is 7.92. The summed E-state index contributed by atoms with van der Waals surface area (Å²) in [5.74, 6) is -3.60. The van der Waals surface area contributed by atoms with Gasteiger partial charge < -0.3 is 52.3 Å². The molecule has 9 aromatic rings. The molecule has 5 aromatic heterocycles. The highest BCUT2D eigenvalue weighted by atomic mass is 35.5. The average molecular weight is 1940 g/mol. The third kappa shape index (κ3) is 19.4. The van der Waals surface area contributed by atoms with Crippen molar-refractivity contribution in [1.82, 2.24) is 67.4 Å². The van der Waals surface area contributed by atoms with E-state index in [1.807, 2.05) is 89.5 Å². The van der Waals surface area contributed by atoms with Crippen LogP contribution in [-0.4, -0.2) is 232 Å². The van der Waals surface area contributed by atoms with Gasteiger partial charge in [0, 0.05) is 175 Å². The number of phenolic OH excluding ortho intramolecular Hbond substituents is 1. The van der Waals surface area contributed by atoms with Crippen molar-refractivity contribution >= 4 is 56.6 Å². The fourth-order valence-electron chi connectivity index (χ4n) is 21.5. The fraction of sp³-hybridized carbons (Fsp3) is 0.500. The molecular formula is C98H115ClF12N14O10S. The van der Waals surface area contributed by atoms with Crippen LogP contribution >= 0.6 is 11.6 Å². The number of carbonyl (C=O) groups is 6. The number of carbonyl (C=O) groups excluding carboxylic acids is 6. The van der Waals surface area contributed by atoms with Gasteiger partial charge in [0.25, 0.3) is 35.2 Å². The Hall–Kier alpha value is -10.7. The molecule has 18 rings (SSSR count). The van der Waals surface area contributed by atoms with Crippen molar-refractivity contribution in [2.45, 2.75) is 234 Å². The van der Waals surface area contributed by atoms with E-state index in [1.54, 1.807) is 102 Å². The van der Waals surface area contributed by atoms with Gasteiger partial charge in [-0.15, -0.1) is 0 Å². The maximum atomic E-state index is 13.6. The molecule has 5 fully saturated rings. The molecule has 13 heterocycles. The number of rotatable bonds is 13. The number of nitrogens with one attached hydrogen (secondary N) is 1. The van der Waals surface area contributed by atoms with Gasteiger partial charge in [-0.25, -0.2) is 13.4 Å². The number of ketones is 2. The molecule has 4 aromatic carbocycles. The summed E-state index contributed by atoms with van der Waals surface area (Å²) in [4.78, 5) is 95.0. The predicted octanol–water partition coefficient (Wildman–Crippen LogP) is 17.8. The SMILES string of the molecule is CC(C)Oc1ccc(C(=O)N2CCC3(CC2)c2ccc(C(F)(F)F)n2CCN3C)cc1.CC1(C)Cn2c(C(=O)C(F)(F)F)ccc2C2(CCN(C(=O)c3ccc(O)c(Cl)c3)CC2)N1.CCn1cnc(-c2ccc(C(=O)N3CCC4(CC3)c3ccc(C(=O)C(F)(F)F)n3CCN4C)cc2C)c1.Cc1cc(C(=O)N2CCC3(CC2)c2ccc(C(F)(F)F)n2CCN3C2CC2)ccc1S(=O)(=O)C(C)C.[HH]. The minimum Gasteiger partial charge on any atom is -0.506 e. The topological polar surface area (TPSA) is 238 Å². The lowest BCUT2D eigenvalue weighted by Crippen LogP contribution is -2.63. The zero-order valence-corrected chi connectivity index (χ0v) is 79.2. The molecule has 136 heavy (non-hydrogen) atoms. The Morgan fingerprint density at radius 1 is 0.507 bits per heavy atom. The number of likely N-dealkylation sites (tertiary alicyclic amines) is 4. The largest absolute Gasteiger partial charge is 0.506 e. The van der Waals surface area contributed by atoms with E-state index in [0.717, 1.165) is 36.2 Å². The molecule has 0 unspecified atom stereocenters. The molecule has 38 heteroatoms. The molecule has 9 aliphatic rings. The molecule has 4 saturated heterocycles. The third-order valence-corrected chi connectivity index (χ3v) is 31.3. The molecule has 8 aliphatic heterocycles. The van der Waals surface area contributed by atoms with Crippen LogP contribution in [0.25, 0.3) is 11.3 Å². The van der Waals surface area contributed by atoms with Crippen LogP contribution in [0.5, 0.6) is 11.5 Å². The van der Waals surface area contributed by atoms with Gasteiger partial charge in [0.1, 0.15) is 22.9 Å². The van der Waals surface area contributed by atoms with Crippen molar-refractivity contribution in [3.63, 3.8) is 0 Å². The van der Waals surface area contributed by atoms with E-state index in [0.29, 0.717) is 205 Å². The first kappa shape index (κ1) is 99.7. The second-order valence-electron chi connectivity index (χ2n) is 38.3. The van der Waals surface area contributed by atoms with Gasteiger partial charge in [0.15, 0.2) is 9.84 Å². The van der Waals surface area contributed by atoms with E-state index >= 15 is 0 Å². The zero-order chi connectivity index (χ0) is 98.4. The quantitative estimate of drug-likeness (QED) is 0.0806. The lowest BCUT2D eigenvalue weighted by molar-refractivity contribution is -0.145. The first-order chi connectivity index (χ1) is 63.8. The Morgan fingerprint density at radius 2 is 0.926 bits per heavy atom. The molecular weight excluding hydrogens is 1830 g/mol. The lowest BCUT2D eigenvalue weighted by atomic mass is 9.79. The van der Waals surface area contributed by atoms with E-state index in [9.17, 15) is 95.0 Å². The van der Waals surface area contributed by atoms with Crippen molar-refractivity contribution < 1.29 is 101 Å². The number of phenols is 1. The Bertz CT molecular complexity index is 6140. The van der Waals surface area contributed by atoms with Gasteiger partial charge >= 0.3 is 24.7 Å². The maximum Gasteiger partial charge on any atom is 0.456 e. The van der Waals surface area contributed by atoms with Gasteiger partial charge in [-0.05, 0) is 273 Å². The molecule has 4 amide bonds. The number of benzene rings is 4. The first-order valence-corrected chi connectivity index (χ1v) is 47.8. The molecule has 0 bridgehead atoms. The number of aromatic hydroxyl groups is 1. The lowest BCUT2D eigenvalue weighted by Gasteiger charge is -2.52. The number of imidazole rings is 1. The summed E-state index contributed by atoms with van der Waals surface area (Å²) in [6.45, 7) is 23.8. The van der Waals surface area contributed by atoms with E-state index in [-0.39, 0.29) is 64.8 Å². The van der Waals surface area contributed by atoms with Crippen molar-refractivity contribution in [2.24, 2.45) is 0 Å². The van der Waals surface area contributed by atoms with Gasteiger partial charge in [-0.1, -0.05) is 17.7 Å². The number of amides is 4. The molecule has 734 valence electrons. The monoisotopic (exact) mass is 1940 g/mol. The summed E-state index contributed by atoms with van der Waals surface area (Å²) in [6.07, 6.45) is -8.25. The summed E-state index contributed by atoms with van der Waals surface area (Å²) in [5.41, 5.74) is 3.50. The van der Waals surface area contributed by atoms with Crippen LogP contribution in [0.3, 0.4) is 0 Å². The smallest absolute Gasteiger partial charge is 0.456 e. The van der Waals surface area contributed by atoms with Crippen LogP contribution in [0.4, 0.5) is 52.7 Å². The van der Waals surface area contributed by atoms with Crippen molar-refractivity contribution in [2.75, 3.05) is 86.1 Å². The Balaban J connectivity index is 0.000000146. The highest BCUT2D eigenvalue weighted by Gasteiger charge is 2.56. The van der Waals surface area contributed by atoms with Crippen molar-refractivity contribution in [3.05, 3.63) is 224 Å². The van der Waals surface area contributed by atoms with E-state index in [4.69, 9.17) is 16.3 Å². The number of aromatic nitrogens is 6. The van der Waals surface area contributed by atoms with E-state index in [1.165, 1.54) is 66.8 Å². The number of nitrogens with zero attached hydrogens (tertiary/aromatic N) is 13. The normalized spacial score (nSPS) is 19.2. The number of hydrogen-bond acceptors (Lipinski definition) is 15. The van der Waals surface area contributed by atoms with Crippen LogP contribution in [-0.2, 0) is 77.1 Å². The summed E-state index contributed by atoms with van der Waals surface area (Å²) in [7, 11) is 0.475. The van der Waals surface area contributed by atoms with Gasteiger partial charge in [-0.3, -0.25) is 48.8 Å². The van der Waals surface area contributed by atoms with E-state index < -0.39 is 90.4 Å². The summed E-state index contributed by atoms with van der Waals surface area (Å²) < 4.78 is 199. The first-order valence-electron chi connectivity index (χ1n) is 45.9. The predicted molar refractivity (Wildman–Crippen MR) is 487 cm³/mol. The van der Waals surface area contributed by atoms with Crippen molar-refractivity contribution in [3.8, 4) is 22.8 Å². The van der Waals surface area contributed by atoms with Crippen LogP contribution in [0.2, 0.25) is 5.02 Å². The number of likely N-dealkylation sites (N-methyl/N-ethyl adjacent to an activating group) is 2. The van der Waals surface area contributed by atoms with Gasteiger partial charge in [0.05, 0.1) is 66.8 Å². The van der Waals surface area contributed by atoms with Gasteiger partial charge in [-0.2, -0.15) is 52.7 Å². The van der Waals surface area contributed by atoms with Crippen LogP contribution < -0.4 is 10.1 Å². The molecule has 4 spiro atoms. The second kappa shape index (κ2) is 37.5. The Morgan fingerprint density at radius 3 is 1.38 bits per heavy atom. The number of Topliss-reactive ketones (excluding diaryl/α,β-unsaturated/α-hetero) is 2. The van der Waals surface area contributed by atoms with Gasteiger partial charge in [0.2, 0.25) is 0 Å². The van der Waals surface area contributed by atoms with Crippen molar-refractivity contribution in [1.29, 1.82) is 0 Å². The summed E-state index contributed by atoms with van der Waals surface area (Å²) in [6, 6.07) is 33.5. The third-order valence-electron chi connectivity index (χ3n) is 28.7. The zero-order valence-electron chi connectivity index (χ0n) is 77.7. The summed E-state index contributed by atoms with van der Waals surface area (Å²) in [5, 5.41) is 12.7. The number of sulfone groups is 1. The number of hydrogen-bond donors (Lipinski definition) is 2. The summed E-state index contributed by atoms with van der Waals surface area (Å²) >= 11 is 5.92. The number of fused-ring (bicyclic) bond motifs is 8. The van der Waals surface area contributed by atoms with Crippen LogP contribution in [0.1, 0.15) is 222 Å². The Kier molecular flexibility index (Phi) is 27.5. The molecule has 24 nitrogen and oxygen atoms in total. The molecule has 2 N–H and O–H groups in total. The van der Waals surface area contributed by atoms with Crippen LogP contribution in [0, 0.1) is 13.8 Å². The minimum atomic E-state index is -4.95. The molecule has 0 radical (unpaired) electrons. The van der Waals surface area contributed by atoms with Crippen LogP contribution in [0.15, 0.2) is 145 Å². The molecule has 1 saturated carbocycles. The second-order valence-corrected chi connectivity index (χ2v) is 41.2. The van der Waals surface area contributed by atoms with E-state index in [2.05, 4.69) is 25.0 Å². The number of halogens is 13. The molecule has 1 aliphatic carbocycles. The molecule has 0 atom stereocenters. The Labute approximate surface area is 787 Å². The number of aryl methyl sites for hydroxylation is 3. The minimum absolute atomic E-state index is 0. The number of alkyl halides is 12.